The number of benzene rings is 2. The lowest BCUT2D eigenvalue weighted by Crippen LogP contribution is -2.32. The number of carbonyl (C=O) groups is 1. The molecule has 0 unspecified atom stereocenters. The maximum absolute atomic E-state index is 12.0. The van der Waals surface area contributed by atoms with Crippen LogP contribution in [0.4, 0.5) is 10.5 Å². The Labute approximate surface area is 143 Å². The van der Waals surface area contributed by atoms with Crippen LogP contribution >= 0.6 is 0 Å². The van der Waals surface area contributed by atoms with Crippen LogP contribution in [0.1, 0.15) is 18.1 Å². The van der Waals surface area contributed by atoms with Crippen molar-refractivity contribution >= 4 is 11.7 Å². The van der Waals surface area contributed by atoms with Gasteiger partial charge in [-0.15, -0.1) is 0 Å². The number of aryl methyl sites for hydroxylation is 2. The zero-order valence-electron chi connectivity index (χ0n) is 14.4. The topological polar surface area (TPSA) is 59.6 Å². The molecule has 2 amide bonds. The van der Waals surface area contributed by atoms with Gasteiger partial charge in [0.2, 0.25) is 0 Å². The number of urea groups is 1. The summed E-state index contributed by atoms with van der Waals surface area (Å²) in [6, 6.07) is 13.3. The Morgan fingerprint density at radius 2 is 1.92 bits per heavy atom. The van der Waals surface area contributed by atoms with E-state index in [1.54, 1.807) is 7.11 Å². The Hall–Kier alpha value is -2.69. The van der Waals surface area contributed by atoms with Crippen molar-refractivity contribution in [3.63, 3.8) is 0 Å². The number of anilines is 1. The van der Waals surface area contributed by atoms with Crippen molar-refractivity contribution in [1.29, 1.82) is 0 Å². The van der Waals surface area contributed by atoms with E-state index < -0.39 is 0 Å². The van der Waals surface area contributed by atoms with E-state index in [1.807, 2.05) is 49.4 Å². The van der Waals surface area contributed by atoms with Crippen molar-refractivity contribution in [3.8, 4) is 11.5 Å². The summed E-state index contributed by atoms with van der Waals surface area (Å²) < 4.78 is 11.0. The first kappa shape index (κ1) is 17.7. The Bertz CT molecular complexity index is 686. The maximum atomic E-state index is 12.0. The fraction of sp³-hybridized carbons (Fsp3) is 0.316. The van der Waals surface area contributed by atoms with Gasteiger partial charge in [0.05, 0.1) is 19.3 Å². The third-order valence-corrected chi connectivity index (χ3v) is 3.60. The Morgan fingerprint density at radius 1 is 1.12 bits per heavy atom. The molecule has 2 aromatic rings. The molecule has 128 valence electrons. The van der Waals surface area contributed by atoms with Crippen LogP contribution < -0.4 is 20.1 Å². The third-order valence-electron chi connectivity index (χ3n) is 3.60. The number of rotatable bonds is 7. The Morgan fingerprint density at radius 3 is 2.67 bits per heavy atom. The first-order valence-electron chi connectivity index (χ1n) is 8.04. The summed E-state index contributed by atoms with van der Waals surface area (Å²) in [5.74, 6) is 1.49. The molecule has 2 N–H and O–H groups in total. The molecule has 5 nitrogen and oxygen atoms in total. The van der Waals surface area contributed by atoms with Gasteiger partial charge in [-0.25, -0.2) is 4.79 Å². The lowest BCUT2D eigenvalue weighted by Gasteiger charge is -2.13. The summed E-state index contributed by atoms with van der Waals surface area (Å²) in [5, 5.41) is 5.57. The lowest BCUT2D eigenvalue weighted by molar-refractivity contribution is 0.247. The van der Waals surface area contributed by atoms with Gasteiger partial charge in [-0.2, -0.15) is 0 Å². The molecular weight excluding hydrogens is 304 g/mol. The number of carbonyl (C=O) groups excluding carboxylic acids is 1. The quantitative estimate of drug-likeness (QED) is 0.761. The van der Waals surface area contributed by atoms with E-state index in [-0.39, 0.29) is 6.03 Å². The molecule has 0 saturated carbocycles. The number of para-hydroxylation sites is 1. The minimum atomic E-state index is -0.286. The predicted molar refractivity (Wildman–Crippen MR) is 96.1 cm³/mol. The van der Waals surface area contributed by atoms with E-state index in [0.717, 1.165) is 23.3 Å². The molecule has 0 fully saturated rings. The standard InChI is InChI=1S/C19H24N2O3/c1-4-15-7-5-6-8-17(15)24-12-11-20-19(22)21-16-13-14(2)9-10-18(16)23-3/h5-10,13H,4,11-12H2,1-3H3,(H2,20,21,22). The molecule has 24 heavy (non-hydrogen) atoms. The van der Waals surface area contributed by atoms with E-state index in [4.69, 9.17) is 9.47 Å². The summed E-state index contributed by atoms with van der Waals surface area (Å²) in [6.07, 6.45) is 0.914. The van der Waals surface area contributed by atoms with Crippen molar-refractivity contribution in [2.75, 3.05) is 25.6 Å². The lowest BCUT2D eigenvalue weighted by atomic mass is 10.1. The molecule has 0 aromatic heterocycles. The van der Waals surface area contributed by atoms with Gasteiger partial charge in [-0.1, -0.05) is 31.2 Å². The zero-order chi connectivity index (χ0) is 17.4. The second kappa shape index (κ2) is 8.82. The highest BCUT2D eigenvalue weighted by Crippen LogP contribution is 2.24. The van der Waals surface area contributed by atoms with Gasteiger partial charge in [0.25, 0.3) is 0 Å². The molecule has 0 aliphatic carbocycles. The van der Waals surface area contributed by atoms with Crippen molar-refractivity contribution in [2.45, 2.75) is 20.3 Å². The Kier molecular flexibility index (Phi) is 6.49. The van der Waals surface area contributed by atoms with Gasteiger partial charge in [0.15, 0.2) is 0 Å². The average Bonchev–Trinajstić information content (AvgIpc) is 2.59. The second-order valence-electron chi connectivity index (χ2n) is 5.39. The van der Waals surface area contributed by atoms with Crippen molar-refractivity contribution in [1.82, 2.24) is 5.32 Å². The fourth-order valence-corrected chi connectivity index (χ4v) is 2.35. The molecule has 0 atom stereocenters. The van der Waals surface area contributed by atoms with E-state index >= 15 is 0 Å². The summed E-state index contributed by atoms with van der Waals surface area (Å²) in [7, 11) is 1.58. The number of nitrogens with one attached hydrogen (secondary N) is 2. The van der Waals surface area contributed by atoms with Gasteiger partial charge in [-0.3, -0.25) is 0 Å². The monoisotopic (exact) mass is 328 g/mol. The minimum Gasteiger partial charge on any atom is -0.495 e. The van der Waals surface area contributed by atoms with Crippen LogP contribution in [0.15, 0.2) is 42.5 Å². The van der Waals surface area contributed by atoms with Crippen molar-refractivity contribution in [2.24, 2.45) is 0 Å². The minimum absolute atomic E-state index is 0.286. The van der Waals surface area contributed by atoms with E-state index in [0.29, 0.717) is 24.6 Å². The summed E-state index contributed by atoms with van der Waals surface area (Å²) >= 11 is 0. The van der Waals surface area contributed by atoms with Crippen LogP contribution in [-0.2, 0) is 6.42 Å². The molecule has 0 spiro atoms. The van der Waals surface area contributed by atoms with Gasteiger partial charge in [0.1, 0.15) is 18.1 Å². The number of hydrogen-bond acceptors (Lipinski definition) is 3. The molecule has 0 aliphatic heterocycles. The molecule has 0 heterocycles. The van der Waals surface area contributed by atoms with Crippen LogP contribution in [-0.4, -0.2) is 26.3 Å². The van der Waals surface area contributed by atoms with Gasteiger partial charge >= 0.3 is 6.03 Å². The SMILES string of the molecule is CCc1ccccc1OCCNC(=O)Nc1cc(C)ccc1OC. The smallest absolute Gasteiger partial charge is 0.319 e. The first-order valence-corrected chi connectivity index (χ1v) is 8.04. The van der Waals surface area contributed by atoms with Gasteiger partial charge in [-0.05, 0) is 42.7 Å². The van der Waals surface area contributed by atoms with Gasteiger partial charge < -0.3 is 20.1 Å². The van der Waals surface area contributed by atoms with E-state index in [9.17, 15) is 4.79 Å². The van der Waals surface area contributed by atoms with E-state index in [2.05, 4.69) is 17.6 Å². The average molecular weight is 328 g/mol. The fourth-order valence-electron chi connectivity index (χ4n) is 2.35. The normalized spacial score (nSPS) is 10.1. The number of ether oxygens (including phenoxy) is 2. The summed E-state index contributed by atoms with van der Waals surface area (Å²) in [5.41, 5.74) is 2.85. The van der Waals surface area contributed by atoms with E-state index in [1.165, 1.54) is 0 Å². The van der Waals surface area contributed by atoms with Crippen molar-refractivity contribution in [3.05, 3.63) is 53.6 Å². The summed E-state index contributed by atoms with van der Waals surface area (Å²) in [6.45, 7) is 4.87. The maximum Gasteiger partial charge on any atom is 0.319 e. The van der Waals surface area contributed by atoms with Crippen LogP contribution in [0, 0.1) is 6.92 Å². The molecule has 0 radical (unpaired) electrons. The Balaban J connectivity index is 1.81. The predicted octanol–water partition coefficient (Wildman–Crippen LogP) is 3.77. The number of methoxy groups -OCH3 is 1. The highest BCUT2D eigenvalue weighted by molar-refractivity contribution is 5.91. The highest BCUT2D eigenvalue weighted by Gasteiger charge is 2.07. The van der Waals surface area contributed by atoms with Crippen molar-refractivity contribution < 1.29 is 14.3 Å². The molecule has 2 aromatic carbocycles. The molecule has 0 saturated heterocycles. The largest absolute Gasteiger partial charge is 0.495 e. The first-order chi connectivity index (χ1) is 11.6. The van der Waals surface area contributed by atoms with Gasteiger partial charge in [0, 0.05) is 0 Å². The van der Waals surface area contributed by atoms with Crippen LogP contribution in [0.5, 0.6) is 11.5 Å². The van der Waals surface area contributed by atoms with Crippen LogP contribution in [0.2, 0.25) is 0 Å². The zero-order valence-corrected chi connectivity index (χ0v) is 14.4. The molecule has 0 bridgehead atoms. The molecule has 2 rings (SSSR count). The second-order valence-corrected chi connectivity index (χ2v) is 5.39. The number of amides is 2. The van der Waals surface area contributed by atoms with Crippen LogP contribution in [0.25, 0.3) is 0 Å². The summed E-state index contributed by atoms with van der Waals surface area (Å²) in [4.78, 5) is 12.0. The van der Waals surface area contributed by atoms with Crippen LogP contribution in [0.3, 0.4) is 0 Å². The molecule has 5 heteroatoms. The molecular formula is C19H24N2O3. The third kappa shape index (κ3) is 4.91. The highest BCUT2D eigenvalue weighted by atomic mass is 16.5. The number of hydrogen-bond donors (Lipinski definition) is 2. The molecule has 0 aliphatic rings.